The van der Waals surface area contributed by atoms with Crippen molar-refractivity contribution in [2.75, 3.05) is 25.0 Å². The highest BCUT2D eigenvalue weighted by Gasteiger charge is 2.30. The monoisotopic (exact) mass is 411 g/mol. The number of aromatic carboxylic acids is 1. The van der Waals surface area contributed by atoms with Crippen LogP contribution in [-0.2, 0) is 4.79 Å². The molecule has 0 saturated carbocycles. The third-order valence-corrected chi connectivity index (χ3v) is 5.96. The molecule has 2 aliphatic heterocycles. The van der Waals surface area contributed by atoms with E-state index in [1.54, 1.807) is 25.3 Å². The van der Waals surface area contributed by atoms with Crippen LogP contribution in [0.5, 0.6) is 0 Å². The summed E-state index contributed by atoms with van der Waals surface area (Å²) in [6, 6.07) is 10.0. The fraction of sp³-hybridized carbons (Fsp3) is 0.286. The van der Waals surface area contributed by atoms with Crippen LogP contribution >= 0.6 is 11.8 Å². The minimum atomic E-state index is -0.987. The van der Waals surface area contributed by atoms with Crippen molar-refractivity contribution >= 4 is 46.5 Å². The van der Waals surface area contributed by atoms with Crippen molar-refractivity contribution in [2.45, 2.75) is 19.3 Å². The van der Waals surface area contributed by atoms with Crippen LogP contribution in [0.1, 0.15) is 35.4 Å². The van der Waals surface area contributed by atoms with Gasteiger partial charge in [-0.1, -0.05) is 0 Å². The van der Waals surface area contributed by atoms with Gasteiger partial charge in [0.25, 0.3) is 5.91 Å². The molecule has 0 unspecified atom stereocenters. The number of aliphatic imine (C=N–C) groups is 1. The van der Waals surface area contributed by atoms with Crippen molar-refractivity contribution < 1.29 is 19.1 Å². The van der Waals surface area contributed by atoms with E-state index in [-0.39, 0.29) is 11.5 Å². The molecule has 2 aromatic rings. The van der Waals surface area contributed by atoms with Crippen molar-refractivity contribution in [1.82, 2.24) is 4.90 Å². The van der Waals surface area contributed by atoms with E-state index in [0.717, 1.165) is 19.0 Å². The van der Waals surface area contributed by atoms with Gasteiger partial charge in [0.1, 0.15) is 5.76 Å². The topological polar surface area (TPSA) is 86.4 Å². The van der Waals surface area contributed by atoms with Gasteiger partial charge in [0.05, 0.1) is 16.2 Å². The molecule has 0 aliphatic carbocycles. The second-order valence-electron chi connectivity index (χ2n) is 6.94. The van der Waals surface area contributed by atoms with E-state index in [1.807, 2.05) is 12.1 Å². The normalized spacial score (nSPS) is 20.1. The molecule has 0 radical (unpaired) electrons. The van der Waals surface area contributed by atoms with Crippen LogP contribution in [0.25, 0.3) is 6.08 Å². The summed E-state index contributed by atoms with van der Waals surface area (Å²) in [5.41, 5.74) is 0.782. The predicted molar refractivity (Wildman–Crippen MR) is 114 cm³/mol. The summed E-state index contributed by atoms with van der Waals surface area (Å²) in [6.45, 7) is 1.99. The second-order valence-corrected chi connectivity index (χ2v) is 7.95. The first-order chi connectivity index (χ1) is 14.0. The van der Waals surface area contributed by atoms with Crippen molar-refractivity contribution in [2.24, 2.45) is 4.99 Å². The summed E-state index contributed by atoms with van der Waals surface area (Å²) >= 11 is 1.27. The van der Waals surface area contributed by atoms with Crippen LogP contribution in [0.15, 0.2) is 50.7 Å². The van der Waals surface area contributed by atoms with Gasteiger partial charge < -0.3 is 14.4 Å². The molecule has 2 saturated heterocycles. The Morgan fingerprint density at radius 3 is 2.55 bits per heavy atom. The highest BCUT2D eigenvalue weighted by Crippen LogP contribution is 2.34. The number of nitrogens with zero attached hydrogens (tertiary/aromatic N) is 3. The van der Waals surface area contributed by atoms with Crippen LogP contribution < -0.4 is 4.90 Å². The van der Waals surface area contributed by atoms with Crippen LogP contribution in [0, 0.1) is 0 Å². The molecule has 1 N–H and O–H groups in total. The number of thioether (sulfide) groups is 1. The Labute approximate surface area is 172 Å². The Hall–Kier alpha value is -3.00. The highest BCUT2D eigenvalue weighted by molar-refractivity contribution is 8.18. The molecule has 2 fully saturated rings. The molecular formula is C21H21N3O4S. The van der Waals surface area contributed by atoms with Gasteiger partial charge in [-0.25, -0.2) is 9.79 Å². The number of hydrogen-bond donors (Lipinski definition) is 1. The lowest BCUT2D eigenvalue weighted by atomic mass is 10.1. The van der Waals surface area contributed by atoms with E-state index in [0.29, 0.717) is 21.5 Å². The average molecular weight is 411 g/mol. The lowest BCUT2D eigenvalue weighted by Gasteiger charge is -2.25. The summed E-state index contributed by atoms with van der Waals surface area (Å²) in [4.78, 5) is 32.3. The first-order valence-corrected chi connectivity index (χ1v) is 10.3. The Balaban J connectivity index is 1.51. The molecule has 8 heteroatoms. The second kappa shape index (κ2) is 8.16. The molecule has 150 valence electrons. The Kier molecular flexibility index (Phi) is 5.44. The summed E-state index contributed by atoms with van der Waals surface area (Å²) < 4.78 is 5.93. The number of carboxylic acid groups (broad SMARTS) is 1. The van der Waals surface area contributed by atoms with Crippen LogP contribution in [0.2, 0.25) is 0 Å². The lowest BCUT2D eigenvalue weighted by Crippen LogP contribution is -2.28. The number of rotatable bonds is 4. The molecule has 7 nitrogen and oxygen atoms in total. The number of amidine groups is 1. The van der Waals surface area contributed by atoms with Crippen LogP contribution in [-0.4, -0.2) is 47.2 Å². The molecule has 3 heterocycles. The fourth-order valence-corrected chi connectivity index (χ4v) is 4.24. The van der Waals surface area contributed by atoms with E-state index in [2.05, 4.69) is 9.89 Å². The molecular weight excluding hydrogens is 390 g/mol. The van der Waals surface area contributed by atoms with Gasteiger partial charge in [-0.05, 0) is 61.4 Å². The summed E-state index contributed by atoms with van der Waals surface area (Å²) in [5, 5.41) is 9.52. The van der Waals surface area contributed by atoms with Gasteiger partial charge >= 0.3 is 5.97 Å². The smallest absolute Gasteiger partial charge is 0.335 e. The van der Waals surface area contributed by atoms with E-state index in [9.17, 15) is 9.59 Å². The van der Waals surface area contributed by atoms with E-state index in [1.165, 1.54) is 48.1 Å². The SMILES string of the molecule is CN1C(=O)/C(=C/c2ccc(N3CCCCC3)o2)SC1=Nc1ccc(C(=O)O)cc1. The molecule has 1 amide bonds. The zero-order valence-electron chi connectivity index (χ0n) is 16.0. The minimum absolute atomic E-state index is 0.146. The molecule has 0 atom stereocenters. The van der Waals surface area contributed by atoms with Crippen molar-refractivity contribution in [3.8, 4) is 0 Å². The highest BCUT2D eigenvalue weighted by atomic mass is 32.2. The third-order valence-electron chi connectivity index (χ3n) is 4.90. The van der Waals surface area contributed by atoms with Gasteiger partial charge in [-0.2, -0.15) is 0 Å². The molecule has 0 spiro atoms. The number of carbonyl (C=O) groups is 2. The zero-order valence-corrected chi connectivity index (χ0v) is 16.8. The van der Waals surface area contributed by atoms with Crippen LogP contribution in [0.3, 0.4) is 0 Å². The summed E-state index contributed by atoms with van der Waals surface area (Å²) in [5.74, 6) is 0.348. The number of anilines is 1. The number of piperidine rings is 1. The maximum absolute atomic E-state index is 12.6. The Morgan fingerprint density at radius 2 is 1.86 bits per heavy atom. The molecule has 29 heavy (non-hydrogen) atoms. The zero-order chi connectivity index (χ0) is 20.4. The average Bonchev–Trinajstić information content (AvgIpc) is 3.30. The number of benzene rings is 1. The van der Waals surface area contributed by atoms with Gasteiger partial charge in [0.15, 0.2) is 11.1 Å². The maximum atomic E-state index is 12.6. The summed E-state index contributed by atoms with van der Waals surface area (Å²) in [6.07, 6.45) is 5.34. The van der Waals surface area contributed by atoms with E-state index >= 15 is 0 Å². The number of amides is 1. The molecule has 0 bridgehead atoms. The number of furan rings is 1. The number of likely N-dealkylation sites (N-methyl/N-ethyl adjacent to an activating group) is 1. The number of hydrogen-bond acceptors (Lipinski definition) is 6. The maximum Gasteiger partial charge on any atom is 0.335 e. The fourth-order valence-electron chi connectivity index (χ4n) is 3.27. The van der Waals surface area contributed by atoms with Crippen molar-refractivity contribution in [1.29, 1.82) is 0 Å². The first-order valence-electron chi connectivity index (χ1n) is 9.46. The largest absolute Gasteiger partial charge is 0.478 e. The Morgan fingerprint density at radius 1 is 1.14 bits per heavy atom. The Bertz CT molecular complexity index is 988. The van der Waals surface area contributed by atoms with Crippen molar-refractivity contribution in [3.05, 3.63) is 52.6 Å². The van der Waals surface area contributed by atoms with Gasteiger partial charge in [0, 0.05) is 32.3 Å². The van der Waals surface area contributed by atoms with E-state index in [4.69, 9.17) is 9.52 Å². The van der Waals surface area contributed by atoms with Gasteiger partial charge in [-0.3, -0.25) is 9.69 Å². The lowest BCUT2D eigenvalue weighted by molar-refractivity contribution is -0.121. The first kappa shape index (κ1) is 19.3. The quantitative estimate of drug-likeness (QED) is 0.759. The van der Waals surface area contributed by atoms with E-state index < -0.39 is 5.97 Å². The summed E-state index contributed by atoms with van der Waals surface area (Å²) in [7, 11) is 1.67. The predicted octanol–water partition coefficient (Wildman–Crippen LogP) is 4.20. The molecule has 1 aromatic carbocycles. The van der Waals surface area contributed by atoms with Gasteiger partial charge in [-0.15, -0.1) is 0 Å². The number of carboxylic acids is 1. The molecule has 2 aliphatic rings. The number of carbonyl (C=O) groups excluding carboxylic acids is 1. The van der Waals surface area contributed by atoms with Crippen molar-refractivity contribution in [3.63, 3.8) is 0 Å². The minimum Gasteiger partial charge on any atom is -0.478 e. The standard InChI is InChI=1S/C21H21N3O4S/c1-23-19(25)17(13-16-9-10-18(28-16)24-11-3-2-4-12-24)29-21(23)22-15-7-5-14(6-8-15)20(26)27/h5-10,13H,2-4,11-12H2,1H3,(H,26,27)/b17-13-,22-21?. The van der Waals surface area contributed by atoms with Gasteiger partial charge in [0.2, 0.25) is 0 Å². The molecule has 4 rings (SSSR count). The molecule has 1 aromatic heterocycles. The van der Waals surface area contributed by atoms with Crippen LogP contribution in [0.4, 0.5) is 11.6 Å². The third kappa shape index (κ3) is 4.22.